The van der Waals surface area contributed by atoms with Crippen molar-refractivity contribution in [2.75, 3.05) is 41.5 Å². The van der Waals surface area contributed by atoms with Crippen LogP contribution in [-0.2, 0) is 14.6 Å². The Morgan fingerprint density at radius 1 is 1.00 bits per heavy atom. The number of sulfone groups is 1. The van der Waals surface area contributed by atoms with Crippen molar-refractivity contribution < 1.29 is 22.3 Å². The first-order valence-corrected chi connectivity index (χ1v) is 15.6. The van der Waals surface area contributed by atoms with Crippen LogP contribution in [0.5, 0.6) is 0 Å². The molecule has 3 aromatic carbocycles. The van der Waals surface area contributed by atoms with Crippen LogP contribution in [0.4, 0.5) is 43.8 Å². The van der Waals surface area contributed by atoms with Crippen molar-refractivity contribution in [3.63, 3.8) is 0 Å². The summed E-state index contributed by atoms with van der Waals surface area (Å²) in [7, 11) is -3.36. The summed E-state index contributed by atoms with van der Waals surface area (Å²) >= 11 is 13.4. The molecule has 4 aromatic rings. The van der Waals surface area contributed by atoms with Crippen LogP contribution in [0.1, 0.15) is 0 Å². The number of nitrogens with one attached hydrogen (secondary N) is 3. The maximum Gasteiger partial charge on any atom is 0.316 e. The van der Waals surface area contributed by atoms with Gasteiger partial charge in [-0.1, -0.05) is 6.58 Å². The van der Waals surface area contributed by atoms with Crippen LogP contribution < -0.4 is 21.7 Å². The molecule has 0 aliphatic heterocycles. The first kappa shape index (κ1) is 32.9. The quantitative estimate of drug-likeness (QED) is 0.0533. The van der Waals surface area contributed by atoms with Gasteiger partial charge in [-0.3, -0.25) is 0 Å². The number of carbonyl (C=O) groups is 1. The average molecular weight is 676 g/mol. The van der Waals surface area contributed by atoms with E-state index in [-0.39, 0.29) is 48.8 Å². The number of fused-ring (bicyclic) bond motifs is 1. The van der Waals surface area contributed by atoms with E-state index in [4.69, 9.17) is 10.5 Å². The summed E-state index contributed by atoms with van der Waals surface area (Å²) in [4.78, 5) is 25.1. The highest BCUT2D eigenvalue weighted by Gasteiger charge is 2.11. The summed E-state index contributed by atoms with van der Waals surface area (Å²) in [6.45, 7) is 3.48. The van der Waals surface area contributed by atoms with Crippen LogP contribution in [0.25, 0.3) is 10.8 Å². The van der Waals surface area contributed by atoms with E-state index in [1.807, 2.05) is 18.2 Å². The molecule has 5 N–H and O–H groups in total. The molecule has 18 heteroatoms. The highest BCUT2D eigenvalue weighted by molar-refractivity contribution is 7.94. The van der Waals surface area contributed by atoms with Crippen molar-refractivity contribution in [3.8, 4) is 0 Å². The fourth-order valence-electron chi connectivity index (χ4n) is 3.68. The molecule has 0 saturated carbocycles. The Labute approximate surface area is 268 Å². The van der Waals surface area contributed by atoms with Crippen molar-refractivity contribution in [2.24, 2.45) is 16.0 Å². The second-order valence-electron chi connectivity index (χ2n) is 8.90. The Bertz CT molecular complexity index is 1860. The minimum absolute atomic E-state index is 0.0303. The molecule has 2 amide bonds. The van der Waals surface area contributed by atoms with Crippen LogP contribution in [-0.4, -0.2) is 54.9 Å². The normalized spacial score (nSPS) is 11.5. The van der Waals surface area contributed by atoms with Crippen molar-refractivity contribution in [1.29, 1.82) is 0 Å². The third-order valence-electron chi connectivity index (χ3n) is 5.69. The fraction of sp³-hybridized carbons (Fsp3) is 0.154. The maximum absolute atomic E-state index is 14.1. The van der Waals surface area contributed by atoms with Crippen LogP contribution in [0.15, 0.2) is 79.4 Å². The van der Waals surface area contributed by atoms with Gasteiger partial charge in [0.05, 0.1) is 30.3 Å². The molecule has 0 aliphatic carbocycles. The standard InChI is InChI=1S/C26H26FN9O4S4/c1-2-44(38,39)8-7-40-6-5-29-25-32-23(27)33-26(34-25)30-15-3-4-18(19(11-15)31-24(28)37)35-36-20-13-17-14(10-22(20)43)9-16(41)12-21(17)42/h2-4,9-13,41-43H,1,5-8H2,(H3,28,31,37)(H2,29,30,32,33,34). The monoisotopic (exact) mass is 675 g/mol. The van der Waals surface area contributed by atoms with E-state index in [2.05, 4.69) is 85.6 Å². The van der Waals surface area contributed by atoms with E-state index >= 15 is 0 Å². The Morgan fingerprint density at radius 2 is 1.75 bits per heavy atom. The minimum atomic E-state index is -3.36. The molecule has 44 heavy (non-hydrogen) atoms. The van der Waals surface area contributed by atoms with Gasteiger partial charge in [-0.05, 0) is 53.2 Å². The van der Waals surface area contributed by atoms with E-state index in [0.29, 0.717) is 21.2 Å². The van der Waals surface area contributed by atoms with Crippen LogP contribution in [0, 0.1) is 6.08 Å². The van der Waals surface area contributed by atoms with Gasteiger partial charge in [0, 0.05) is 32.3 Å². The Kier molecular flexibility index (Phi) is 11.0. The van der Waals surface area contributed by atoms with Gasteiger partial charge in [-0.25, -0.2) is 13.2 Å². The van der Waals surface area contributed by atoms with E-state index in [0.717, 1.165) is 21.1 Å². The third kappa shape index (κ3) is 9.26. The number of ether oxygens (including phenoxy) is 1. The number of hydrogen-bond donors (Lipinski definition) is 7. The highest BCUT2D eigenvalue weighted by atomic mass is 32.2. The fourth-order valence-corrected chi connectivity index (χ4v) is 5.15. The summed E-state index contributed by atoms with van der Waals surface area (Å²) in [5, 5.41) is 19.2. The second-order valence-corrected chi connectivity index (χ2v) is 12.4. The molecule has 1 heterocycles. The third-order valence-corrected chi connectivity index (χ3v) is 7.92. The van der Waals surface area contributed by atoms with Gasteiger partial charge in [0.15, 0.2) is 9.84 Å². The zero-order chi connectivity index (χ0) is 31.9. The van der Waals surface area contributed by atoms with E-state index < -0.39 is 21.9 Å². The number of nitrogens with two attached hydrogens (primary N) is 1. The Hall–Kier alpha value is -3.97. The SMILES string of the molecule is C=CS(=O)(=O)CCOCCNc1nc(F)nc(Nc2ccc(N=Nc3cc4c(S)cc(S)cc4cc3S)c(NC(N)=O)c2)n1. The molecule has 0 radical (unpaired) electrons. The summed E-state index contributed by atoms with van der Waals surface area (Å²) in [6.07, 6.45) is -1.06. The van der Waals surface area contributed by atoms with Gasteiger partial charge in [0.25, 0.3) is 0 Å². The number of hydrogen-bond acceptors (Lipinski definition) is 14. The van der Waals surface area contributed by atoms with Crippen molar-refractivity contribution in [2.45, 2.75) is 14.7 Å². The van der Waals surface area contributed by atoms with E-state index in [1.165, 1.54) is 6.07 Å². The molecule has 0 spiro atoms. The smallest absolute Gasteiger partial charge is 0.316 e. The lowest BCUT2D eigenvalue weighted by molar-refractivity contribution is 0.159. The van der Waals surface area contributed by atoms with E-state index in [9.17, 15) is 17.6 Å². The Balaban J connectivity index is 1.48. The maximum atomic E-state index is 14.1. The lowest BCUT2D eigenvalue weighted by atomic mass is 10.1. The summed E-state index contributed by atoms with van der Waals surface area (Å²) < 4.78 is 42.2. The van der Waals surface area contributed by atoms with Crippen molar-refractivity contribution >= 4 is 99.2 Å². The molecular formula is C26H26FN9O4S4. The average Bonchev–Trinajstić information content (AvgIpc) is 2.94. The highest BCUT2D eigenvalue weighted by Crippen LogP contribution is 2.36. The number of nitrogens with zero attached hydrogens (tertiary/aromatic N) is 5. The predicted molar refractivity (Wildman–Crippen MR) is 176 cm³/mol. The van der Waals surface area contributed by atoms with Crippen LogP contribution in [0.2, 0.25) is 0 Å². The lowest BCUT2D eigenvalue weighted by Crippen LogP contribution is -2.19. The first-order valence-electron chi connectivity index (χ1n) is 12.6. The van der Waals surface area contributed by atoms with Gasteiger partial charge in [0.1, 0.15) is 5.69 Å². The molecule has 0 unspecified atom stereocenters. The number of rotatable bonds is 13. The van der Waals surface area contributed by atoms with Gasteiger partial charge < -0.3 is 26.4 Å². The van der Waals surface area contributed by atoms with Gasteiger partial charge >= 0.3 is 12.1 Å². The Morgan fingerprint density at radius 3 is 2.50 bits per heavy atom. The number of benzene rings is 3. The number of carbonyl (C=O) groups excluding carboxylic acids is 1. The largest absolute Gasteiger partial charge is 0.379 e. The number of halogens is 1. The molecular weight excluding hydrogens is 650 g/mol. The molecule has 230 valence electrons. The van der Waals surface area contributed by atoms with E-state index in [1.54, 1.807) is 18.2 Å². The molecule has 4 rings (SSSR count). The van der Waals surface area contributed by atoms with Gasteiger partial charge in [0.2, 0.25) is 11.9 Å². The van der Waals surface area contributed by atoms with Gasteiger partial charge in [-0.15, -0.1) is 48.1 Å². The predicted octanol–water partition coefficient (Wildman–Crippen LogP) is 5.67. The number of urea groups is 1. The number of aromatic nitrogens is 3. The summed E-state index contributed by atoms with van der Waals surface area (Å²) in [5.41, 5.74) is 6.65. The summed E-state index contributed by atoms with van der Waals surface area (Å²) in [6, 6.07) is 11.1. The molecule has 13 nitrogen and oxygen atoms in total. The first-order chi connectivity index (χ1) is 20.9. The second kappa shape index (κ2) is 14.7. The minimum Gasteiger partial charge on any atom is -0.379 e. The molecule has 0 saturated heterocycles. The molecule has 1 aromatic heterocycles. The van der Waals surface area contributed by atoms with Crippen LogP contribution in [0.3, 0.4) is 0 Å². The van der Waals surface area contributed by atoms with Crippen molar-refractivity contribution in [3.05, 3.63) is 60.5 Å². The molecule has 0 bridgehead atoms. The lowest BCUT2D eigenvalue weighted by Gasteiger charge is -2.11. The molecule has 0 fully saturated rings. The number of amides is 2. The summed E-state index contributed by atoms with van der Waals surface area (Å²) in [5.74, 6) is -0.428. The zero-order valence-electron chi connectivity index (χ0n) is 22.7. The number of anilines is 4. The topological polar surface area (TPSA) is 186 Å². The van der Waals surface area contributed by atoms with Crippen molar-refractivity contribution in [1.82, 2.24) is 15.0 Å². The zero-order valence-corrected chi connectivity index (χ0v) is 26.2. The van der Waals surface area contributed by atoms with Gasteiger partial charge in [-0.2, -0.15) is 19.3 Å². The number of thiol groups is 3. The molecule has 0 atom stereocenters. The number of azo groups is 1. The van der Waals surface area contributed by atoms with Crippen LogP contribution >= 0.6 is 37.9 Å². The molecule has 0 aliphatic rings. The number of primary amides is 1.